The van der Waals surface area contributed by atoms with Gasteiger partial charge in [-0.15, -0.1) is 11.3 Å². The fourth-order valence-corrected chi connectivity index (χ4v) is 10.6. The van der Waals surface area contributed by atoms with Crippen LogP contribution in [-0.2, 0) is 35.6 Å². The molecule has 2 saturated carbocycles. The molecule has 3 N–H and O–H groups in total. The third kappa shape index (κ3) is 9.99. The fourth-order valence-electron chi connectivity index (χ4n) is 8.50. The summed E-state index contributed by atoms with van der Waals surface area (Å²) >= 11 is 1.47. The maximum Gasteiger partial charge on any atom is 0.408 e. The molecule has 2 aliphatic carbocycles. The fraction of sp³-hybridized carbons (Fsp3) is 0.478. The number of carbonyl (C=O) groups excluding carboxylic acids is 4. The summed E-state index contributed by atoms with van der Waals surface area (Å²) in [5.74, 6) is -1.61. The number of allylic oxidation sites excluding steroid dienone is 1. The highest BCUT2D eigenvalue weighted by Gasteiger charge is 2.62. The first-order valence-corrected chi connectivity index (χ1v) is 24.0. The van der Waals surface area contributed by atoms with Crippen molar-refractivity contribution in [2.24, 2.45) is 5.92 Å². The molecule has 63 heavy (non-hydrogen) atoms. The third-order valence-electron chi connectivity index (χ3n) is 12.0. The van der Waals surface area contributed by atoms with E-state index >= 15 is 9.59 Å². The van der Waals surface area contributed by atoms with Crippen molar-refractivity contribution in [1.82, 2.24) is 30.2 Å². The van der Waals surface area contributed by atoms with Crippen molar-refractivity contribution >= 4 is 56.2 Å². The summed E-state index contributed by atoms with van der Waals surface area (Å²) in [5, 5.41) is 7.07. The molecule has 334 valence electrons. The maximum atomic E-state index is 15.4. The smallest absolute Gasteiger partial charge is 0.408 e. The number of rotatable bonds is 10. The highest BCUT2D eigenvalue weighted by Crippen LogP contribution is 2.46. The number of methoxy groups -OCH3 is 1. The topological polar surface area (TPSA) is 195 Å². The summed E-state index contributed by atoms with van der Waals surface area (Å²) < 4.78 is 46.5. The highest BCUT2D eigenvalue weighted by molar-refractivity contribution is 7.91. The van der Waals surface area contributed by atoms with Gasteiger partial charge in [-0.05, 0) is 107 Å². The Kier molecular flexibility index (Phi) is 12.5. The van der Waals surface area contributed by atoms with E-state index in [0.29, 0.717) is 48.2 Å². The molecule has 8 rings (SSSR count). The summed E-state index contributed by atoms with van der Waals surface area (Å²) in [4.78, 5) is 70.2. The van der Waals surface area contributed by atoms with Gasteiger partial charge in [0.2, 0.25) is 27.7 Å². The second-order valence-electron chi connectivity index (χ2n) is 17.8. The number of aromatic nitrogens is 2. The number of hydrogen-bond acceptors (Lipinski definition) is 12. The Morgan fingerprint density at radius 3 is 2.40 bits per heavy atom. The molecule has 17 heteroatoms. The van der Waals surface area contributed by atoms with Crippen LogP contribution in [0.5, 0.6) is 11.6 Å². The molecular formula is C46H54N6O9S2. The lowest BCUT2D eigenvalue weighted by Crippen LogP contribution is -2.60. The molecule has 0 bridgehead atoms. The molecule has 2 aliphatic heterocycles. The average Bonchev–Trinajstić information content (AvgIpc) is 4.12. The molecule has 4 aromatic rings. The van der Waals surface area contributed by atoms with Crippen molar-refractivity contribution in [1.29, 1.82) is 0 Å². The number of ether oxygens (including phenoxy) is 3. The molecule has 4 amide bonds. The Bertz CT molecular complexity index is 2490. The summed E-state index contributed by atoms with van der Waals surface area (Å²) in [6.45, 7) is 5.21. The number of sulfonamides is 1. The van der Waals surface area contributed by atoms with E-state index < -0.39 is 80.4 Å². The second-order valence-corrected chi connectivity index (χ2v) is 20.7. The van der Waals surface area contributed by atoms with Crippen LogP contribution in [0.3, 0.4) is 0 Å². The van der Waals surface area contributed by atoms with Crippen molar-refractivity contribution in [3.8, 4) is 22.2 Å². The number of carbonyl (C=O) groups is 4. The van der Waals surface area contributed by atoms with Gasteiger partial charge in [0.15, 0.2) is 0 Å². The zero-order valence-electron chi connectivity index (χ0n) is 35.9. The Labute approximate surface area is 371 Å². The molecule has 6 atom stereocenters. The van der Waals surface area contributed by atoms with E-state index in [0.717, 1.165) is 23.3 Å². The van der Waals surface area contributed by atoms with Crippen LogP contribution in [0.2, 0.25) is 0 Å². The van der Waals surface area contributed by atoms with E-state index in [-0.39, 0.29) is 31.6 Å². The minimum atomic E-state index is -3.95. The van der Waals surface area contributed by atoms with Gasteiger partial charge in [0.05, 0.1) is 34.3 Å². The largest absolute Gasteiger partial charge is 0.497 e. The molecule has 15 nitrogen and oxygen atoms in total. The monoisotopic (exact) mass is 898 g/mol. The Morgan fingerprint density at radius 2 is 1.71 bits per heavy atom. The van der Waals surface area contributed by atoms with Crippen molar-refractivity contribution in [3.05, 3.63) is 83.8 Å². The van der Waals surface area contributed by atoms with Crippen molar-refractivity contribution < 1.29 is 41.8 Å². The molecule has 4 heterocycles. The van der Waals surface area contributed by atoms with Crippen LogP contribution in [0.15, 0.2) is 78.2 Å². The van der Waals surface area contributed by atoms with E-state index in [2.05, 4.69) is 15.4 Å². The molecule has 4 unspecified atom stereocenters. The van der Waals surface area contributed by atoms with Gasteiger partial charge < -0.3 is 29.7 Å². The van der Waals surface area contributed by atoms with Gasteiger partial charge in [-0.1, -0.05) is 55.3 Å². The van der Waals surface area contributed by atoms with Crippen LogP contribution in [0.25, 0.3) is 21.6 Å². The van der Waals surface area contributed by atoms with E-state index in [4.69, 9.17) is 24.2 Å². The van der Waals surface area contributed by atoms with Crippen molar-refractivity contribution in [3.63, 3.8) is 0 Å². The Balaban J connectivity index is 1.23. The van der Waals surface area contributed by atoms with E-state index in [1.807, 2.05) is 78.2 Å². The quantitative estimate of drug-likeness (QED) is 0.153. The second kappa shape index (κ2) is 17.9. The van der Waals surface area contributed by atoms with Crippen LogP contribution in [-0.4, -0.2) is 94.8 Å². The molecule has 2 aromatic carbocycles. The number of hydrogen-bond donors (Lipinski definition) is 3. The highest BCUT2D eigenvalue weighted by atomic mass is 32.2. The van der Waals surface area contributed by atoms with Crippen LogP contribution in [0, 0.1) is 5.92 Å². The molecule has 3 fully saturated rings. The van der Waals surface area contributed by atoms with Crippen LogP contribution in [0.1, 0.15) is 84.1 Å². The van der Waals surface area contributed by atoms with Gasteiger partial charge in [0, 0.05) is 12.3 Å². The van der Waals surface area contributed by atoms with Crippen LogP contribution < -0.4 is 24.8 Å². The van der Waals surface area contributed by atoms with E-state index in [1.165, 1.54) is 16.2 Å². The summed E-state index contributed by atoms with van der Waals surface area (Å²) in [6, 6.07) is 15.5. The summed E-state index contributed by atoms with van der Waals surface area (Å²) in [6.07, 6.45) is 6.47. The molecule has 1 saturated heterocycles. The van der Waals surface area contributed by atoms with Gasteiger partial charge >= 0.3 is 6.09 Å². The SMILES string of the molecule is COc1ccc(C[C@H]2[C@H](Oc3nc4ccccc4nc3-c3cccs3)CC3C(=O)NC4(C(=O)NS(=O)(=O)C5CC5)CC4/C=C\CCCCCC(NC(=O)OC(C)(C)C)C(=O)N32)cc1. The number of fused-ring (bicyclic) bond motifs is 3. The number of amides is 4. The van der Waals surface area contributed by atoms with Crippen molar-refractivity contribution in [2.75, 3.05) is 7.11 Å². The van der Waals surface area contributed by atoms with Crippen molar-refractivity contribution in [2.45, 2.75) is 126 Å². The third-order valence-corrected chi connectivity index (χ3v) is 14.7. The first kappa shape index (κ1) is 44.1. The standard InChI is InChI=1S/C46H54N6O9S2/c1-45(2,3)61-44(56)49-34-16-9-7-5-6-8-13-29-27-46(29,43(55)51-63(57,58)31-22-23-31)50-40(53)36-26-37(35(52(36)42(34)54)25-28-18-20-30(59-4)21-19-28)60-41-39(38-17-12-24-62-38)47-32-14-10-11-15-33(32)48-41/h8,10-15,17-21,24,29,31,34-37H,5-7,9,16,22-23,25-27H2,1-4H3,(H,49,56)(H,50,53)(H,51,55)/b13-8-/t29?,34?,35-,36?,37+,46?/m0/s1. The van der Waals surface area contributed by atoms with Crippen LogP contribution in [0.4, 0.5) is 4.79 Å². The van der Waals surface area contributed by atoms with Gasteiger partial charge in [-0.25, -0.2) is 23.2 Å². The van der Waals surface area contributed by atoms with E-state index in [1.54, 1.807) is 27.9 Å². The lowest BCUT2D eigenvalue weighted by Gasteiger charge is -2.35. The van der Waals surface area contributed by atoms with Gasteiger partial charge in [0.25, 0.3) is 5.91 Å². The van der Waals surface area contributed by atoms with Gasteiger partial charge in [-0.3, -0.25) is 19.1 Å². The predicted molar refractivity (Wildman–Crippen MR) is 237 cm³/mol. The lowest BCUT2D eigenvalue weighted by molar-refractivity contribution is -0.143. The lowest BCUT2D eigenvalue weighted by atomic mass is 10.00. The average molecular weight is 899 g/mol. The number of benzene rings is 2. The molecule has 0 spiro atoms. The number of nitrogens with zero attached hydrogens (tertiary/aromatic N) is 3. The van der Waals surface area contributed by atoms with Crippen LogP contribution >= 0.6 is 11.3 Å². The summed E-state index contributed by atoms with van der Waals surface area (Å²) in [7, 11) is -2.38. The number of nitrogens with one attached hydrogen (secondary N) is 3. The number of thiophene rings is 1. The van der Waals surface area contributed by atoms with E-state index in [9.17, 15) is 18.0 Å². The van der Waals surface area contributed by atoms with Gasteiger partial charge in [-0.2, -0.15) is 0 Å². The Hall–Kier alpha value is -5.55. The zero-order valence-corrected chi connectivity index (χ0v) is 37.5. The summed E-state index contributed by atoms with van der Waals surface area (Å²) in [5.41, 5.74) is 0.135. The first-order chi connectivity index (χ1) is 30.1. The molecule has 2 aromatic heterocycles. The Morgan fingerprint density at radius 1 is 0.968 bits per heavy atom. The zero-order chi connectivity index (χ0) is 44.5. The number of alkyl carbamates (subject to hydrolysis) is 1. The molecular weight excluding hydrogens is 845 g/mol. The molecule has 4 aliphatic rings. The maximum absolute atomic E-state index is 15.4. The first-order valence-electron chi connectivity index (χ1n) is 21.6. The molecule has 0 radical (unpaired) electrons. The number of para-hydroxylation sites is 2. The minimum Gasteiger partial charge on any atom is -0.497 e. The predicted octanol–water partition coefficient (Wildman–Crippen LogP) is 6.22. The van der Waals surface area contributed by atoms with Gasteiger partial charge in [0.1, 0.15) is 40.8 Å². The normalized spacial score (nSPS) is 26.0. The minimum absolute atomic E-state index is 0.0332.